The third kappa shape index (κ3) is 2.17. The number of carbonyl (C=O) groups is 3. The van der Waals surface area contributed by atoms with Gasteiger partial charge in [0.05, 0.1) is 5.69 Å². The predicted octanol–water partition coefficient (Wildman–Crippen LogP) is -0.392. The number of carbonyl (C=O) groups excluding carboxylic acids is 3. The van der Waals surface area contributed by atoms with Crippen molar-refractivity contribution >= 4 is 24.0 Å². The Morgan fingerprint density at radius 3 is 2.94 bits per heavy atom. The van der Waals surface area contributed by atoms with E-state index >= 15 is 0 Å². The largest absolute Gasteiger partial charge is 0.329 e. The van der Waals surface area contributed by atoms with Crippen molar-refractivity contribution in [2.45, 2.75) is 12.8 Å². The van der Waals surface area contributed by atoms with Crippen LogP contribution in [0, 0.1) is 0 Å². The lowest BCUT2D eigenvalue weighted by Gasteiger charge is -2.25. The van der Waals surface area contributed by atoms with Crippen LogP contribution in [0.1, 0.15) is 12.1 Å². The van der Waals surface area contributed by atoms with Crippen LogP contribution in [0.3, 0.4) is 0 Å². The first-order valence-corrected chi connectivity index (χ1v) is 5.19. The van der Waals surface area contributed by atoms with Crippen LogP contribution in [-0.2, 0) is 23.1 Å². The summed E-state index contributed by atoms with van der Waals surface area (Å²) < 4.78 is 1.52. The number of rotatable bonds is 3. The summed E-state index contributed by atoms with van der Waals surface area (Å²) in [5.74, 6) is 0.299. The second-order valence-corrected chi connectivity index (χ2v) is 3.74. The van der Waals surface area contributed by atoms with E-state index < -0.39 is 6.03 Å². The lowest BCUT2D eigenvalue weighted by atomic mass is 10.3. The van der Waals surface area contributed by atoms with E-state index in [0.717, 1.165) is 6.29 Å². The van der Waals surface area contributed by atoms with E-state index in [1.165, 1.54) is 9.58 Å². The molecule has 0 saturated carbocycles. The van der Waals surface area contributed by atoms with Gasteiger partial charge in [-0.3, -0.25) is 19.7 Å². The fourth-order valence-corrected chi connectivity index (χ4v) is 1.74. The van der Waals surface area contributed by atoms with Crippen LogP contribution in [0.2, 0.25) is 0 Å². The molecule has 7 heteroatoms. The lowest BCUT2D eigenvalue weighted by Crippen LogP contribution is -2.50. The molecular weight excluding hydrogens is 224 g/mol. The van der Waals surface area contributed by atoms with Gasteiger partial charge in [-0.1, -0.05) is 0 Å². The van der Waals surface area contributed by atoms with Crippen LogP contribution in [0.5, 0.6) is 0 Å². The molecular formula is C10H12N4O3. The zero-order valence-electron chi connectivity index (χ0n) is 9.34. The molecule has 1 aliphatic rings. The monoisotopic (exact) mass is 236 g/mol. The molecule has 0 radical (unpaired) electrons. The van der Waals surface area contributed by atoms with Crippen LogP contribution in [0.4, 0.5) is 10.6 Å². The topological polar surface area (TPSA) is 84.3 Å². The summed E-state index contributed by atoms with van der Waals surface area (Å²) in [5.41, 5.74) is 0.599. The number of aryl methyl sites for hydroxylation is 1. The zero-order valence-corrected chi connectivity index (χ0v) is 9.34. The highest BCUT2D eigenvalue weighted by atomic mass is 16.2. The number of anilines is 1. The van der Waals surface area contributed by atoms with E-state index in [4.69, 9.17) is 0 Å². The van der Waals surface area contributed by atoms with Gasteiger partial charge < -0.3 is 4.79 Å². The highest BCUT2D eigenvalue weighted by Gasteiger charge is 2.26. The molecule has 2 heterocycles. The summed E-state index contributed by atoms with van der Waals surface area (Å²) >= 11 is 0. The van der Waals surface area contributed by atoms with E-state index in [-0.39, 0.29) is 18.7 Å². The maximum atomic E-state index is 11.6. The first-order chi connectivity index (χ1) is 8.11. The summed E-state index contributed by atoms with van der Waals surface area (Å²) in [6.45, 7) is 0.324. The molecule has 90 valence electrons. The number of aromatic nitrogens is 2. The van der Waals surface area contributed by atoms with Crippen molar-refractivity contribution in [1.82, 2.24) is 15.1 Å². The van der Waals surface area contributed by atoms with E-state index in [1.807, 2.05) is 0 Å². The maximum absolute atomic E-state index is 11.6. The highest BCUT2D eigenvalue weighted by Crippen LogP contribution is 2.17. The Morgan fingerprint density at radius 2 is 2.29 bits per heavy atom. The van der Waals surface area contributed by atoms with Crippen molar-refractivity contribution in [3.8, 4) is 0 Å². The number of hydrogen-bond acceptors (Lipinski definition) is 4. The van der Waals surface area contributed by atoms with E-state index in [9.17, 15) is 14.4 Å². The van der Waals surface area contributed by atoms with Gasteiger partial charge >= 0.3 is 6.03 Å². The van der Waals surface area contributed by atoms with Crippen molar-refractivity contribution in [2.75, 3.05) is 11.4 Å². The highest BCUT2D eigenvalue weighted by molar-refractivity contribution is 6.05. The van der Waals surface area contributed by atoms with Gasteiger partial charge in [0.1, 0.15) is 12.1 Å². The van der Waals surface area contributed by atoms with Crippen LogP contribution in [0.15, 0.2) is 6.07 Å². The zero-order chi connectivity index (χ0) is 12.4. The summed E-state index contributed by atoms with van der Waals surface area (Å²) in [6, 6.07) is 1.21. The first kappa shape index (κ1) is 11.3. The Morgan fingerprint density at radius 1 is 1.53 bits per heavy atom. The Balaban J connectivity index is 2.24. The lowest BCUT2D eigenvalue weighted by molar-refractivity contribution is -0.120. The molecule has 3 amide bonds. The van der Waals surface area contributed by atoms with Crippen LogP contribution in [-0.4, -0.2) is 34.5 Å². The van der Waals surface area contributed by atoms with Crippen LogP contribution in [0.25, 0.3) is 0 Å². The molecule has 0 aliphatic carbocycles. The first-order valence-electron chi connectivity index (χ1n) is 5.19. The molecule has 7 nitrogen and oxygen atoms in total. The average Bonchev–Trinajstić information content (AvgIpc) is 2.60. The molecule has 0 atom stereocenters. The molecule has 0 unspecified atom stereocenters. The second-order valence-electron chi connectivity index (χ2n) is 3.74. The van der Waals surface area contributed by atoms with Gasteiger partial charge in [-0.2, -0.15) is 5.10 Å². The Kier molecular flexibility index (Phi) is 2.90. The SMILES string of the molecule is Cn1nc(CC=O)cc1N1CCC(=O)NC1=O. The number of urea groups is 1. The number of hydrogen-bond donors (Lipinski definition) is 1. The quantitative estimate of drug-likeness (QED) is 0.724. The number of imide groups is 1. The molecule has 0 bridgehead atoms. The van der Waals surface area contributed by atoms with Gasteiger partial charge in [0.15, 0.2) is 0 Å². The molecule has 1 saturated heterocycles. The van der Waals surface area contributed by atoms with Gasteiger partial charge in [0, 0.05) is 32.5 Å². The minimum atomic E-state index is -0.457. The summed E-state index contributed by atoms with van der Waals surface area (Å²) in [6.07, 6.45) is 1.23. The van der Waals surface area contributed by atoms with E-state index in [0.29, 0.717) is 18.1 Å². The second kappa shape index (κ2) is 4.36. The number of nitrogens with zero attached hydrogens (tertiary/aromatic N) is 3. The third-order valence-electron chi connectivity index (χ3n) is 2.53. The summed E-state index contributed by atoms with van der Waals surface area (Å²) in [7, 11) is 1.69. The fourth-order valence-electron chi connectivity index (χ4n) is 1.74. The fraction of sp³-hybridized carbons (Fsp3) is 0.400. The standard InChI is InChI=1S/C10H12N4O3/c1-13-9(6-7(12-13)3-5-15)14-4-2-8(16)11-10(14)17/h5-6H,2-4H2,1H3,(H,11,16,17). The maximum Gasteiger partial charge on any atom is 0.329 e. The molecule has 1 N–H and O–H groups in total. The van der Waals surface area contributed by atoms with E-state index in [2.05, 4.69) is 10.4 Å². The van der Waals surface area contributed by atoms with Crippen molar-refractivity contribution in [3.63, 3.8) is 0 Å². The minimum absolute atomic E-state index is 0.211. The van der Waals surface area contributed by atoms with Gasteiger partial charge in [0.25, 0.3) is 0 Å². The van der Waals surface area contributed by atoms with Gasteiger partial charge in [0.2, 0.25) is 5.91 Å². The Labute approximate surface area is 97.4 Å². The Hall–Kier alpha value is -2.18. The normalized spacial score (nSPS) is 15.9. The summed E-state index contributed by atoms with van der Waals surface area (Å²) in [4.78, 5) is 34.4. The van der Waals surface area contributed by atoms with Crippen molar-refractivity contribution in [3.05, 3.63) is 11.8 Å². The molecule has 0 spiro atoms. The van der Waals surface area contributed by atoms with Crippen LogP contribution < -0.4 is 10.2 Å². The van der Waals surface area contributed by atoms with Crippen molar-refractivity contribution in [1.29, 1.82) is 0 Å². The minimum Gasteiger partial charge on any atom is -0.303 e. The molecule has 2 rings (SSSR count). The molecule has 1 fully saturated rings. The molecule has 1 aromatic rings. The molecule has 0 aromatic carbocycles. The van der Waals surface area contributed by atoms with Crippen molar-refractivity contribution in [2.24, 2.45) is 7.05 Å². The van der Waals surface area contributed by atoms with Crippen LogP contribution >= 0.6 is 0 Å². The molecule has 17 heavy (non-hydrogen) atoms. The number of amides is 3. The smallest absolute Gasteiger partial charge is 0.303 e. The Bertz CT molecular complexity index is 480. The number of nitrogens with one attached hydrogen (secondary N) is 1. The summed E-state index contributed by atoms with van der Waals surface area (Å²) in [5, 5.41) is 6.34. The number of aldehydes is 1. The third-order valence-corrected chi connectivity index (χ3v) is 2.53. The molecule has 1 aromatic heterocycles. The predicted molar refractivity (Wildman–Crippen MR) is 58.5 cm³/mol. The van der Waals surface area contributed by atoms with Gasteiger partial charge in [-0.05, 0) is 0 Å². The van der Waals surface area contributed by atoms with Gasteiger partial charge in [-0.25, -0.2) is 4.79 Å². The van der Waals surface area contributed by atoms with E-state index in [1.54, 1.807) is 13.1 Å². The van der Waals surface area contributed by atoms with Crippen molar-refractivity contribution < 1.29 is 14.4 Å². The molecule has 1 aliphatic heterocycles. The van der Waals surface area contributed by atoms with Gasteiger partial charge in [-0.15, -0.1) is 0 Å². The average molecular weight is 236 g/mol.